The quantitative estimate of drug-likeness (QED) is 0.402. The predicted octanol–water partition coefficient (Wildman–Crippen LogP) is 2.43. The number of imide groups is 1. The Morgan fingerprint density at radius 2 is 1.69 bits per heavy atom. The zero-order chi connectivity index (χ0) is 19.1. The Balaban J connectivity index is 1.85. The molecule has 0 saturated carbocycles. The molecule has 3 rings (SSSR count). The predicted molar refractivity (Wildman–Crippen MR) is 94.7 cm³/mol. The molecule has 1 heterocycles. The van der Waals surface area contributed by atoms with E-state index in [0.717, 1.165) is 11.0 Å². The van der Waals surface area contributed by atoms with Crippen molar-refractivity contribution in [1.29, 1.82) is 0 Å². The maximum Gasteiger partial charge on any atom is 0.282 e. The largest absolute Gasteiger partial charge is 0.282 e. The topological polar surface area (TPSA) is 115 Å². The Morgan fingerprint density at radius 3 is 2.31 bits per heavy atom. The van der Waals surface area contributed by atoms with E-state index >= 15 is 0 Å². The first-order valence-electron chi connectivity index (χ1n) is 7.34. The van der Waals surface area contributed by atoms with Crippen LogP contribution in [0.15, 0.2) is 51.8 Å². The van der Waals surface area contributed by atoms with Gasteiger partial charge in [-0.15, -0.1) is 0 Å². The highest BCUT2D eigenvalue weighted by Gasteiger charge is 2.41. The van der Waals surface area contributed by atoms with Crippen molar-refractivity contribution in [2.45, 2.75) is 4.90 Å². The molecule has 1 aliphatic heterocycles. The van der Waals surface area contributed by atoms with Crippen LogP contribution in [0.3, 0.4) is 0 Å². The van der Waals surface area contributed by atoms with Crippen molar-refractivity contribution in [3.63, 3.8) is 0 Å². The standard InChI is InChI=1S/C16H11BrN2O6S/c17-10-4-6-11(7-5-10)26(24,25)9-8-18-15(20)12-2-1-3-13(19(22)23)14(12)16(18)21/h1-7H,8-9H2. The van der Waals surface area contributed by atoms with Crippen LogP contribution in [0.5, 0.6) is 0 Å². The van der Waals surface area contributed by atoms with Crippen molar-refractivity contribution in [1.82, 2.24) is 4.90 Å². The van der Waals surface area contributed by atoms with Crippen LogP contribution in [0, 0.1) is 10.1 Å². The number of nitrogens with zero attached hydrogens (tertiary/aromatic N) is 2. The Morgan fingerprint density at radius 1 is 1.04 bits per heavy atom. The second-order valence-electron chi connectivity index (χ2n) is 5.49. The second-order valence-corrected chi connectivity index (χ2v) is 8.52. The van der Waals surface area contributed by atoms with Crippen LogP contribution < -0.4 is 0 Å². The molecule has 2 aromatic rings. The molecule has 2 amide bonds. The van der Waals surface area contributed by atoms with Crippen LogP contribution in [0.2, 0.25) is 0 Å². The smallest absolute Gasteiger partial charge is 0.273 e. The van der Waals surface area contributed by atoms with Crippen molar-refractivity contribution >= 4 is 43.3 Å². The first-order chi connectivity index (χ1) is 12.2. The van der Waals surface area contributed by atoms with Crippen molar-refractivity contribution in [3.05, 3.63) is 68.2 Å². The normalized spacial score (nSPS) is 13.8. The molecular weight excluding hydrogens is 428 g/mol. The van der Waals surface area contributed by atoms with Gasteiger partial charge in [0.25, 0.3) is 17.5 Å². The molecule has 1 aliphatic rings. The number of carbonyl (C=O) groups is 2. The molecule has 0 aromatic heterocycles. The number of nitro groups is 1. The van der Waals surface area contributed by atoms with E-state index in [9.17, 15) is 28.1 Å². The number of halogens is 1. The summed E-state index contributed by atoms with van der Waals surface area (Å²) in [6, 6.07) is 9.71. The van der Waals surface area contributed by atoms with Gasteiger partial charge in [-0.3, -0.25) is 24.6 Å². The number of nitro benzene ring substituents is 1. The molecule has 10 heteroatoms. The van der Waals surface area contributed by atoms with Crippen molar-refractivity contribution < 1.29 is 22.9 Å². The minimum absolute atomic E-state index is 0.0586. The summed E-state index contributed by atoms with van der Waals surface area (Å²) in [5.74, 6) is -2.07. The average Bonchev–Trinajstić information content (AvgIpc) is 2.84. The number of hydrogen-bond acceptors (Lipinski definition) is 6. The lowest BCUT2D eigenvalue weighted by Crippen LogP contribution is -2.34. The molecule has 134 valence electrons. The van der Waals surface area contributed by atoms with Gasteiger partial charge in [-0.1, -0.05) is 22.0 Å². The summed E-state index contributed by atoms with van der Waals surface area (Å²) in [4.78, 5) is 35.9. The number of sulfone groups is 1. The number of hydrogen-bond donors (Lipinski definition) is 0. The Hall–Kier alpha value is -2.59. The van der Waals surface area contributed by atoms with Gasteiger partial charge < -0.3 is 0 Å². The van der Waals surface area contributed by atoms with E-state index in [-0.39, 0.29) is 22.6 Å². The van der Waals surface area contributed by atoms with Crippen LogP contribution in [0.4, 0.5) is 5.69 Å². The number of rotatable bonds is 5. The van der Waals surface area contributed by atoms with Crippen molar-refractivity contribution in [3.8, 4) is 0 Å². The van der Waals surface area contributed by atoms with Gasteiger partial charge >= 0.3 is 0 Å². The Kier molecular flexibility index (Phi) is 4.63. The zero-order valence-corrected chi connectivity index (χ0v) is 15.5. The minimum atomic E-state index is -3.73. The summed E-state index contributed by atoms with van der Waals surface area (Å²) in [5, 5.41) is 11.1. The third-order valence-corrected chi connectivity index (χ3v) is 6.17. The lowest BCUT2D eigenvalue weighted by atomic mass is 10.1. The van der Waals surface area contributed by atoms with Crippen LogP contribution in [0.25, 0.3) is 0 Å². The van der Waals surface area contributed by atoms with Gasteiger partial charge in [0.2, 0.25) is 0 Å². The molecule has 0 unspecified atom stereocenters. The SMILES string of the molecule is O=C1c2cccc([N+](=O)[O-])c2C(=O)N1CCS(=O)(=O)c1ccc(Br)cc1. The molecule has 0 radical (unpaired) electrons. The Labute approximate surface area is 156 Å². The summed E-state index contributed by atoms with van der Waals surface area (Å²) in [6.45, 7) is -0.387. The summed E-state index contributed by atoms with van der Waals surface area (Å²) < 4.78 is 25.5. The van der Waals surface area contributed by atoms with E-state index in [4.69, 9.17) is 0 Å². The molecule has 0 saturated heterocycles. The fourth-order valence-corrected chi connectivity index (χ4v) is 4.12. The van der Waals surface area contributed by atoms with E-state index in [2.05, 4.69) is 15.9 Å². The molecule has 0 atom stereocenters. The molecule has 0 bridgehead atoms. The first kappa shape index (κ1) is 18.2. The summed E-state index contributed by atoms with van der Waals surface area (Å²) >= 11 is 3.21. The molecule has 0 spiro atoms. The van der Waals surface area contributed by atoms with Crippen LogP contribution in [-0.4, -0.2) is 42.4 Å². The highest BCUT2D eigenvalue weighted by molar-refractivity contribution is 9.10. The summed E-state index contributed by atoms with van der Waals surface area (Å²) in [7, 11) is -3.73. The van der Waals surface area contributed by atoms with E-state index in [1.165, 1.54) is 24.3 Å². The Bertz CT molecular complexity index is 1030. The molecule has 0 fully saturated rings. The lowest BCUT2D eigenvalue weighted by molar-refractivity contribution is -0.385. The third kappa shape index (κ3) is 3.13. The summed E-state index contributed by atoms with van der Waals surface area (Å²) in [5.41, 5.74) is -0.868. The van der Waals surface area contributed by atoms with Crippen LogP contribution >= 0.6 is 15.9 Å². The maximum absolute atomic E-state index is 12.4. The molecule has 26 heavy (non-hydrogen) atoms. The number of amides is 2. The number of benzene rings is 2. The zero-order valence-electron chi connectivity index (χ0n) is 13.1. The monoisotopic (exact) mass is 438 g/mol. The third-order valence-electron chi connectivity index (χ3n) is 3.93. The van der Waals surface area contributed by atoms with Gasteiger partial charge in [-0.25, -0.2) is 8.42 Å². The first-order valence-corrected chi connectivity index (χ1v) is 9.79. The van der Waals surface area contributed by atoms with Crippen molar-refractivity contribution in [2.75, 3.05) is 12.3 Å². The molecular formula is C16H11BrN2O6S. The molecule has 2 aromatic carbocycles. The highest BCUT2D eigenvalue weighted by Crippen LogP contribution is 2.30. The maximum atomic E-state index is 12.4. The van der Waals surface area contributed by atoms with E-state index < -0.39 is 38.0 Å². The van der Waals surface area contributed by atoms with E-state index in [1.54, 1.807) is 12.1 Å². The van der Waals surface area contributed by atoms with Gasteiger partial charge in [0.1, 0.15) is 5.56 Å². The van der Waals surface area contributed by atoms with Gasteiger partial charge in [0.15, 0.2) is 9.84 Å². The number of fused-ring (bicyclic) bond motifs is 1. The van der Waals surface area contributed by atoms with Crippen LogP contribution in [0.1, 0.15) is 20.7 Å². The lowest BCUT2D eigenvalue weighted by Gasteiger charge is -2.13. The number of carbonyl (C=O) groups excluding carboxylic acids is 2. The molecule has 8 nitrogen and oxygen atoms in total. The highest BCUT2D eigenvalue weighted by atomic mass is 79.9. The van der Waals surface area contributed by atoms with Gasteiger partial charge in [0, 0.05) is 17.1 Å². The molecule has 0 aliphatic carbocycles. The molecule has 0 N–H and O–H groups in total. The van der Waals surface area contributed by atoms with Gasteiger partial charge in [0.05, 0.1) is 21.1 Å². The fourth-order valence-electron chi connectivity index (χ4n) is 2.64. The second kappa shape index (κ2) is 6.61. The fraction of sp³-hybridized carbons (Fsp3) is 0.125. The van der Waals surface area contributed by atoms with Gasteiger partial charge in [-0.2, -0.15) is 0 Å². The minimum Gasteiger partial charge on any atom is -0.273 e. The average molecular weight is 439 g/mol. The van der Waals surface area contributed by atoms with E-state index in [1.807, 2.05) is 0 Å². The van der Waals surface area contributed by atoms with Crippen molar-refractivity contribution in [2.24, 2.45) is 0 Å². The van der Waals surface area contributed by atoms with Gasteiger partial charge in [-0.05, 0) is 30.3 Å². The summed E-state index contributed by atoms with van der Waals surface area (Å²) in [6.07, 6.45) is 0. The van der Waals surface area contributed by atoms with Crippen LogP contribution in [-0.2, 0) is 9.84 Å². The van der Waals surface area contributed by atoms with E-state index in [0.29, 0.717) is 4.47 Å².